The van der Waals surface area contributed by atoms with Crippen LogP contribution in [0.5, 0.6) is 0 Å². The van der Waals surface area contributed by atoms with Crippen molar-refractivity contribution < 1.29 is 23.0 Å². The van der Waals surface area contributed by atoms with E-state index in [2.05, 4.69) is 4.74 Å². The summed E-state index contributed by atoms with van der Waals surface area (Å²) in [5.41, 5.74) is 0. The molecule has 74 valence electrons. The van der Waals surface area contributed by atoms with Gasteiger partial charge in [-0.3, -0.25) is 0 Å². The van der Waals surface area contributed by atoms with E-state index in [-0.39, 0.29) is 0 Å². The van der Waals surface area contributed by atoms with Gasteiger partial charge >= 0.3 is 6.18 Å². The number of aliphatic hydroxyl groups excluding tert-OH is 1. The molecule has 0 radical (unpaired) electrons. The molecule has 0 heterocycles. The summed E-state index contributed by atoms with van der Waals surface area (Å²) in [7, 11) is 0. The Kier molecular flexibility index (Phi) is 4.55. The van der Waals surface area contributed by atoms with Gasteiger partial charge in [-0.25, -0.2) is 0 Å². The molecule has 0 bridgehead atoms. The lowest BCUT2D eigenvalue weighted by molar-refractivity contribution is -0.192. The summed E-state index contributed by atoms with van der Waals surface area (Å²) in [6.07, 6.45) is -5.52. The smallest absolute Gasteiger partial charge is 0.390 e. The van der Waals surface area contributed by atoms with Crippen molar-refractivity contribution in [3.63, 3.8) is 0 Å². The molecule has 0 amide bonds. The third kappa shape index (κ3) is 5.37. The standard InChI is InChI=1S/C7H13F3O2/c1-3-6(11)5(2)12-4-7(8,9)10/h5-6,11H,3-4H2,1-2H3. The first-order chi connectivity index (χ1) is 5.37. The molecule has 0 aromatic rings. The lowest BCUT2D eigenvalue weighted by Gasteiger charge is -2.18. The summed E-state index contributed by atoms with van der Waals surface area (Å²) in [6, 6.07) is 0. The van der Waals surface area contributed by atoms with Gasteiger partial charge < -0.3 is 9.84 Å². The van der Waals surface area contributed by atoms with Crippen molar-refractivity contribution in [3.8, 4) is 0 Å². The van der Waals surface area contributed by atoms with Crippen LogP contribution in [0.15, 0.2) is 0 Å². The minimum Gasteiger partial charge on any atom is -0.390 e. The van der Waals surface area contributed by atoms with E-state index in [4.69, 9.17) is 5.11 Å². The Hall–Kier alpha value is -0.290. The maximum atomic E-state index is 11.6. The van der Waals surface area contributed by atoms with E-state index in [1.165, 1.54) is 6.92 Å². The summed E-state index contributed by atoms with van der Waals surface area (Å²) in [4.78, 5) is 0. The number of alkyl halides is 3. The van der Waals surface area contributed by atoms with E-state index < -0.39 is 25.0 Å². The Bertz CT molecular complexity index is 124. The molecule has 12 heavy (non-hydrogen) atoms. The minimum absolute atomic E-state index is 0.388. The van der Waals surface area contributed by atoms with Crippen LogP contribution in [-0.4, -0.2) is 30.1 Å². The van der Waals surface area contributed by atoms with Crippen LogP contribution in [0.25, 0.3) is 0 Å². The van der Waals surface area contributed by atoms with E-state index in [1.807, 2.05) is 0 Å². The molecule has 0 fully saturated rings. The molecular formula is C7H13F3O2. The maximum Gasteiger partial charge on any atom is 0.411 e. The molecule has 1 N–H and O–H groups in total. The fraction of sp³-hybridized carbons (Fsp3) is 1.00. The summed E-state index contributed by atoms with van der Waals surface area (Å²) >= 11 is 0. The van der Waals surface area contributed by atoms with Crippen LogP contribution >= 0.6 is 0 Å². The first kappa shape index (κ1) is 11.7. The quantitative estimate of drug-likeness (QED) is 0.724. The lowest BCUT2D eigenvalue weighted by Crippen LogP contribution is -2.29. The molecule has 0 aliphatic carbocycles. The Morgan fingerprint density at radius 1 is 1.42 bits per heavy atom. The Balaban J connectivity index is 3.64. The number of ether oxygens (including phenoxy) is 1. The number of aliphatic hydroxyl groups is 1. The number of hydrogen-bond acceptors (Lipinski definition) is 2. The highest BCUT2D eigenvalue weighted by atomic mass is 19.4. The molecule has 0 aromatic carbocycles. The lowest BCUT2D eigenvalue weighted by atomic mass is 10.2. The summed E-state index contributed by atoms with van der Waals surface area (Å²) in [5, 5.41) is 9.03. The third-order valence-electron chi connectivity index (χ3n) is 1.47. The number of rotatable bonds is 4. The SMILES string of the molecule is CCC(O)C(C)OCC(F)(F)F. The van der Waals surface area contributed by atoms with Gasteiger partial charge in [-0.2, -0.15) is 13.2 Å². The monoisotopic (exact) mass is 186 g/mol. The third-order valence-corrected chi connectivity index (χ3v) is 1.47. The van der Waals surface area contributed by atoms with Crippen molar-refractivity contribution in [2.45, 2.75) is 38.7 Å². The van der Waals surface area contributed by atoms with Gasteiger partial charge in [0.1, 0.15) is 6.61 Å². The predicted octanol–water partition coefficient (Wildman–Crippen LogP) is 1.72. The summed E-state index contributed by atoms with van der Waals surface area (Å²) in [5.74, 6) is 0. The van der Waals surface area contributed by atoms with Gasteiger partial charge in [0.05, 0.1) is 12.2 Å². The number of hydrogen-bond donors (Lipinski definition) is 1. The fourth-order valence-electron chi connectivity index (χ4n) is 0.669. The highest BCUT2D eigenvalue weighted by Crippen LogP contribution is 2.16. The van der Waals surface area contributed by atoms with Crippen molar-refractivity contribution in [3.05, 3.63) is 0 Å². The van der Waals surface area contributed by atoms with Crippen molar-refractivity contribution in [2.75, 3.05) is 6.61 Å². The molecule has 0 aromatic heterocycles. The van der Waals surface area contributed by atoms with E-state index in [1.54, 1.807) is 6.92 Å². The van der Waals surface area contributed by atoms with Crippen molar-refractivity contribution in [1.82, 2.24) is 0 Å². The van der Waals surface area contributed by atoms with Gasteiger partial charge in [0, 0.05) is 0 Å². The second-order valence-electron chi connectivity index (χ2n) is 2.61. The van der Waals surface area contributed by atoms with Crippen molar-refractivity contribution in [2.24, 2.45) is 0 Å². The Morgan fingerprint density at radius 3 is 2.25 bits per heavy atom. The normalized spacial score (nSPS) is 17.5. The number of halogens is 3. The zero-order valence-corrected chi connectivity index (χ0v) is 7.06. The fourth-order valence-corrected chi connectivity index (χ4v) is 0.669. The summed E-state index contributed by atoms with van der Waals surface area (Å²) < 4.78 is 39.1. The molecule has 2 unspecified atom stereocenters. The first-order valence-corrected chi connectivity index (χ1v) is 3.73. The Labute approximate surface area is 69.3 Å². The van der Waals surface area contributed by atoms with E-state index in [0.717, 1.165) is 0 Å². The molecule has 2 atom stereocenters. The topological polar surface area (TPSA) is 29.5 Å². The highest BCUT2D eigenvalue weighted by Gasteiger charge is 2.29. The van der Waals surface area contributed by atoms with Gasteiger partial charge in [0.25, 0.3) is 0 Å². The molecule has 0 saturated carbocycles. The van der Waals surface area contributed by atoms with E-state index in [9.17, 15) is 13.2 Å². The zero-order valence-electron chi connectivity index (χ0n) is 7.06. The molecule has 0 aliphatic heterocycles. The van der Waals surface area contributed by atoms with Crippen molar-refractivity contribution in [1.29, 1.82) is 0 Å². The molecule has 5 heteroatoms. The van der Waals surface area contributed by atoms with Gasteiger partial charge in [-0.15, -0.1) is 0 Å². The van der Waals surface area contributed by atoms with Crippen LogP contribution in [-0.2, 0) is 4.74 Å². The van der Waals surface area contributed by atoms with Crippen LogP contribution < -0.4 is 0 Å². The van der Waals surface area contributed by atoms with E-state index in [0.29, 0.717) is 6.42 Å². The van der Waals surface area contributed by atoms with Crippen LogP contribution in [0.4, 0.5) is 13.2 Å². The van der Waals surface area contributed by atoms with E-state index >= 15 is 0 Å². The van der Waals surface area contributed by atoms with Crippen LogP contribution in [0.2, 0.25) is 0 Å². The van der Waals surface area contributed by atoms with Crippen LogP contribution in [0.1, 0.15) is 20.3 Å². The molecule has 0 rings (SSSR count). The van der Waals surface area contributed by atoms with Gasteiger partial charge in [-0.05, 0) is 13.3 Å². The molecule has 0 spiro atoms. The highest BCUT2D eigenvalue weighted by molar-refractivity contribution is 4.62. The molecular weight excluding hydrogens is 173 g/mol. The van der Waals surface area contributed by atoms with Crippen LogP contribution in [0, 0.1) is 0 Å². The van der Waals surface area contributed by atoms with Gasteiger partial charge in [-0.1, -0.05) is 6.92 Å². The second-order valence-corrected chi connectivity index (χ2v) is 2.61. The minimum atomic E-state index is -4.32. The first-order valence-electron chi connectivity index (χ1n) is 3.73. The van der Waals surface area contributed by atoms with Crippen LogP contribution in [0.3, 0.4) is 0 Å². The average Bonchev–Trinajstić information content (AvgIpc) is 1.97. The zero-order chi connectivity index (χ0) is 9.78. The maximum absolute atomic E-state index is 11.6. The Morgan fingerprint density at radius 2 is 1.92 bits per heavy atom. The predicted molar refractivity (Wildman–Crippen MR) is 37.8 cm³/mol. The average molecular weight is 186 g/mol. The van der Waals surface area contributed by atoms with Gasteiger partial charge in [0.15, 0.2) is 0 Å². The van der Waals surface area contributed by atoms with Crippen molar-refractivity contribution >= 4 is 0 Å². The largest absolute Gasteiger partial charge is 0.411 e. The van der Waals surface area contributed by atoms with Gasteiger partial charge in [0.2, 0.25) is 0 Å². The second kappa shape index (κ2) is 4.67. The molecule has 0 saturated heterocycles. The summed E-state index contributed by atoms with van der Waals surface area (Å²) in [6.45, 7) is 1.79. The molecule has 0 aliphatic rings. The molecule has 2 nitrogen and oxygen atoms in total.